The lowest BCUT2D eigenvalue weighted by Gasteiger charge is -2.25. The van der Waals surface area contributed by atoms with Crippen molar-refractivity contribution in [3.63, 3.8) is 0 Å². The average molecular weight is 168 g/mol. The first-order chi connectivity index (χ1) is 5.70. The van der Waals surface area contributed by atoms with Crippen molar-refractivity contribution < 1.29 is 14.3 Å². The zero-order valence-electron chi connectivity index (χ0n) is 7.08. The lowest BCUT2D eigenvalue weighted by Crippen LogP contribution is -2.28. The normalized spacial score (nSPS) is 40.9. The van der Waals surface area contributed by atoms with Crippen molar-refractivity contribution >= 4 is 11.9 Å². The van der Waals surface area contributed by atoms with Crippen LogP contribution in [0.25, 0.3) is 0 Å². The molecule has 2 aliphatic rings. The number of carbonyl (C=O) groups is 2. The Labute approximate surface area is 71.1 Å². The maximum absolute atomic E-state index is 11.2. The first-order valence-corrected chi connectivity index (χ1v) is 4.45. The van der Waals surface area contributed by atoms with Gasteiger partial charge in [-0.15, -0.1) is 0 Å². The average Bonchev–Trinajstić information content (AvgIpc) is 2.29. The molecule has 1 saturated carbocycles. The molecule has 2 fully saturated rings. The summed E-state index contributed by atoms with van der Waals surface area (Å²) in [5.41, 5.74) is 0. The van der Waals surface area contributed by atoms with Gasteiger partial charge in [-0.05, 0) is 18.8 Å². The van der Waals surface area contributed by atoms with E-state index >= 15 is 0 Å². The second kappa shape index (κ2) is 2.57. The lowest BCUT2D eigenvalue weighted by atomic mass is 9.74. The third kappa shape index (κ3) is 0.958. The molecule has 0 bridgehead atoms. The van der Waals surface area contributed by atoms with Gasteiger partial charge in [-0.2, -0.15) is 0 Å². The van der Waals surface area contributed by atoms with Gasteiger partial charge in [0.25, 0.3) is 0 Å². The number of hydrogen-bond donors (Lipinski definition) is 0. The summed E-state index contributed by atoms with van der Waals surface area (Å²) in [4.78, 5) is 22.3. The van der Waals surface area contributed by atoms with Gasteiger partial charge in [-0.25, -0.2) is 0 Å². The Morgan fingerprint density at radius 1 is 1.25 bits per heavy atom. The summed E-state index contributed by atoms with van der Waals surface area (Å²) in [6.07, 6.45) is 2.92. The molecule has 1 aliphatic heterocycles. The maximum atomic E-state index is 11.2. The van der Waals surface area contributed by atoms with E-state index in [-0.39, 0.29) is 23.8 Å². The van der Waals surface area contributed by atoms with Crippen LogP contribution in [0.5, 0.6) is 0 Å². The highest BCUT2D eigenvalue weighted by atomic mass is 16.6. The van der Waals surface area contributed by atoms with Crippen molar-refractivity contribution in [3.8, 4) is 0 Å². The summed E-state index contributed by atoms with van der Waals surface area (Å²) in [5, 5.41) is 0. The smallest absolute Gasteiger partial charge is 0.317 e. The minimum Gasteiger partial charge on any atom is -0.393 e. The van der Waals surface area contributed by atoms with E-state index in [1.165, 1.54) is 0 Å². The molecule has 12 heavy (non-hydrogen) atoms. The van der Waals surface area contributed by atoms with E-state index in [2.05, 4.69) is 4.74 Å². The Kier molecular flexibility index (Phi) is 1.67. The first kappa shape index (κ1) is 7.77. The highest BCUT2D eigenvalue weighted by Gasteiger charge is 2.48. The van der Waals surface area contributed by atoms with Gasteiger partial charge in [-0.3, -0.25) is 9.59 Å². The molecule has 0 aromatic rings. The number of ether oxygens (including phenoxy) is 1. The van der Waals surface area contributed by atoms with Crippen molar-refractivity contribution in [2.24, 2.45) is 17.8 Å². The largest absolute Gasteiger partial charge is 0.393 e. The summed E-state index contributed by atoms with van der Waals surface area (Å²) >= 11 is 0. The Morgan fingerprint density at radius 3 is 2.67 bits per heavy atom. The van der Waals surface area contributed by atoms with Gasteiger partial charge in [0, 0.05) is 0 Å². The fraction of sp³-hybridized carbons (Fsp3) is 0.778. The number of carbonyl (C=O) groups excluding carboxylic acids is 2. The molecule has 0 spiro atoms. The van der Waals surface area contributed by atoms with Crippen LogP contribution in [0.1, 0.15) is 26.2 Å². The quantitative estimate of drug-likeness (QED) is 0.402. The molecule has 0 aromatic carbocycles. The van der Waals surface area contributed by atoms with Gasteiger partial charge in [0.2, 0.25) is 0 Å². The molecule has 0 unspecified atom stereocenters. The topological polar surface area (TPSA) is 43.4 Å². The molecule has 0 aromatic heterocycles. The van der Waals surface area contributed by atoms with Gasteiger partial charge < -0.3 is 4.74 Å². The van der Waals surface area contributed by atoms with Crippen molar-refractivity contribution in [3.05, 3.63) is 0 Å². The maximum Gasteiger partial charge on any atom is 0.317 e. The van der Waals surface area contributed by atoms with Crippen LogP contribution >= 0.6 is 0 Å². The van der Waals surface area contributed by atoms with E-state index < -0.39 is 0 Å². The van der Waals surface area contributed by atoms with Crippen LogP contribution in [0.3, 0.4) is 0 Å². The van der Waals surface area contributed by atoms with Gasteiger partial charge in [-0.1, -0.05) is 13.3 Å². The Morgan fingerprint density at radius 2 is 2.00 bits per heavy atom. The second-order valence-electron chi connectivity index (χ2n) is 3.78. The van der Waals surface area contributed by atoms with Gasteiger partial charge in [0.15, 0.2) is 0 Å². The number of fused-ring (bicyclic) bond motifs is 1. The van der Waals surface area contributed by atoms with Crippen LogP contribution in [-0.2, 0) is 14.3 Å². The third-order valence-corrected chi connectivity index (χ3v) is 3.00. The van der Waals surface area contributed by atoms with E-state index in [9.17, 15) is 9.59 Å². The molecule has 66 valence electrons. The standard InChI is InChI=1S/C9H12O3/c1-5-3-2-4-6-7(5)9(11)12-8(6)10/h5-7H,2-4H2,1H3/t5-,6-,7-/m1/s1. The number of esters is 2. The minimum absolute atomic E-state index is 0.124. The molecule has 3 atom stereocenters. The fourth-order valence-electron chi connectivity index (χ4n) is 2.32. The highest BCUT2D eigenvalue weighted by Crippen LogP contribution is 2.40. The molecule has 1 heterocycles. The Balaban J connectivity index is 2.24. The molecule has 3 nitrogen and oxygen atoms in total. The zero-order valence-corrected chi connectivity index (χ0v) is 7.08. The van der Waals surface area contributed by atoms with Crippen molar-refractivity contribution in [1.29, 1.82) is 0 Å². The van der Waals surface area contributed by atoms with E-state index in [1.54, 1.807) is 0 Å². The third-order valence-electron chi connectivity index (χ3n) is 3.00. The van der Waals surface area contributed by atoms with Crippen molar-refractivity contribution in [2.45, 2.75) is 26.2 Å². The SMILES string of the molecule is C[C@@H]1CCC[C@H]2C(=O)OC(=O)[C@H]12. The molecule has 2 rings (SSSR count). The number of hydrogen-bond acceptors (Lipinski definition) is 3. The van der Waals surface area contributed by atoms with E-state index in [1.807, 2.05) is 6.92 Å². The second-order valence-corrected chi connectivity index (χ2v) is 3.78. The van der Waals surface area contributed by atoms with Crippen molar-refractivity contribution in [1.82, 2.24) is 0 Å². The lowest BCUT2D eigenvalue weighted by molar-refractivity contribution is -0.154. The predicted molar refractivity (Wildman–Crippen MR) is 41.1 cm³/mol. The van der Waals surface area contributed by atoms with Crippen LogP contribution in [0.4, 0.5) is 0 Å². The van der Waals surface area contributed by atoms with Gasteiger partial charge in [0.05, 0.1) is 11.8 Å². The molecule has 0 N–H and O–H groups in total. The summed E-state index contributed by atoms with van der Waals surface area (Å²) < 4.78 is 4.60. The van der Waals surface area contributed by atoms with E-state index in [4.69, 9.17) is 0 Å². The Hall–Kier alpha value is -0.860. The molecule has 0 radical (unpaired) electrons. The molecule has 0 amide bonds. The van der Waals surface area contributed by atoms with E-state index in [0.29, 0.717) is 5.92 Å². The van der Waals surface area contributed by atoms with Crippen LogP contribution in [-0.4, -0.2) is 11.9 Å². The monoisotopic (exact) mass is 168 g/mol. The number of rotatable bonds is 0. The Bertz CT molecular complexity index is 234. The predicted octanol–water partition coefficient (Wildman–Crippen LogP) is 1.12. The fourth-order valence-corrected chi connectivity index (χ4v) is 2.32. The summed E-state index contributed by atoms with van der Waals surface area (Å²) in [6, 6.07) is 0. The van der Waals surface area contributed by atoms with Crippen molar-refractivity contribution in [2.75, 3.05) is 0 Å². The molecular weight excluding hydrogens is 156 g/mol. The summed E-state index contributed by atoms with van der Waals surface area (Å²) in [5.74, 6) is -0.524. The molecule has 1 aliphatic carbocycles. The minimum atomic E-state index is -0.295. The van der Waals surface area contributed by atoms with Crippen LogP contribution in [0, 0.1) is 17.8 Å². The van der Waals surface area contributed by atoms with Crippen LogP contribution in [0.2, 0.25) is 0 Å². The molecule has 3 heteroatoms. The van der Waals surface area contributed by atoms with Crippen LogP contribution < -0.4 is 0 Å². The highest BCUT2D eigenvalue weighted by molar-refractivity contribution is 5.96. The molecule has 1 saturated heterocycles. The van der Waals surface area contributed by atoms with E-state index in [0.717, 1.165) is 19.3 Å². The van der Waals surface area contributed by atoms with Crippen LogP contribution in [0.15, 0.2) is 0 Å². The zero-order chi connectivity index (χ0) is 8.72. The van der Waals surface area contributed by atoms with Gasteiger partial charge in [0.1, 0.15) is 0 Å². The summed E-state index contributed by atoms with van der Waals surface area (Å²) in [6.45, 7) is 2.02. The first-order valence-electron chi connectivity index (χ1n) is 4.45. The number of cyclic esters (lactones) is 2. The summed E-state index contributed by atoms with van der Waals surface area (Å²) in [7, 11) is 0. The van der Waals surface area contributed by atoms with Gasteiger partial charge >= 0.3 is 11.9 Å². The molecular formula is C9H12O3.